The Morgan fingerprint density at radius 2 is 1.69 bits per heavy atom. The van der Waals surface area contributed by atoms with Crippen LogP contribution in [-0.4, -0.2) is 37.8 Å². The van der Waals surface area contributed by atoms with E-state index in [-0.39, 0.29) is 29.4 Å². The normalized spacial score (nSPS) is 10.2. The molecule has 0 fully saturated rings. The summed E-state index contributed by atoms with van der Waals surface area (Å²) in [5.41, 5.74) is 2.00. The summed E-state index contributed by atoms with van der Waals surface area (Å²) < 4.78 is 16.0. The van der Waals surface area contributed by atoms with Gasteiger partial charge in [0.1, 0.15) is 5.75 Å². The van der Waals surface area contributed by atoms with E-state index in [1.807, 2.05) is 32.0 Å². The van der Waals surface area contributed by atoms with Crippen LogP contribution in [0.5, 0.6) is 17.2 Å². The zero-order chi connectivity index (χ0) is 19.3. The minimum absolute atomic E-state index is 0.0337. The molecule has 2 N–H and O–H groups in total. The van der Waals surface area contributed by atoms with Gasteiger partial charge in [-0.3, -0.25) is 4.79 Å². The van der Waals surface area contributed by atoms with Crippen LogP contribution in [0.15, 0.2) is 30.3 Å². The van der Waals surface area contributed by atoms with Crippen LogP contribution in [-0.2, 0) is 4.79 Å². The Kier molecular flexibility index (Phi) is 6.06. The number of aryl methyl sites for hydroxylation is 2. The molecule has 7 nitrogen and oxygen atoms in total. The van der Waals surface area contributed by atoms with E-state index < -0.39 is 11.9 Å². The maximum atomic E-state index is 12.3. The number of carbonyl (C=O) groups excluding carboxylic acids is 1. The van der Waals surface area contributed by atoms with E-state index in [1.54, 1.807) is 0 Å². The van der Waals surface area contributed by atoms with Gasteiger partial charge in [0.15, 0.2) is 18.1 Å². The largest absolute Gasteiger partial charge is 0.493 e. The minimum atomic E-state index is -1.15. The smallest absolute Gasteiger partial charge is 0.335 e. The molecular formula is C19H21NO6. The van der Waals surface area contributed by atoms with Gasteiger partial charge in [-0.05, 0) is 37.1 Å². The highest BCUT2D eigenvalue weighted by molar-refractivity contribution is 5.97. The SMILES string of the molecule is COc1cc(C(=O)O)cc(NC(=O)COc2c(C)cccc2C)c1OC. The maximum Gasteiger partial charge on any atom is 0.335 e. The van der Waals surface area contributed by atoms with Gasteiger partial charge in [-0.25, -0.2) is 4.79 Å². The number of carboxylic acids is 1. The van der Waals surface area contributed by atoms with Crippen LogP contribution < -0.4 is 19.5 Å². The summed E-state index contributed by atoms with van der Waals surface area (Å²) in [5.74, 6) is -0.508. The first-order valence-electron chi connectivity index (χ1n) is 7.85. The number of hydrogen-bond donors (Lipinski definition) is 2. The highest BCUT2D eigenvalue weighted by Crippen LogP contribution is 2.36. The van der Waals surface area contributed by atoms with E-state index in [0.717, 1.165) is 11.1 Å². The molecule has 138 valence electrons. The number of aromatic carboxylic acids is 1. The average Bonchev–Trinajstić information content (AvgIpc) is 2.60. The van der Waals surface area contributed by atoms with Crippen molar-refractivity contribution in [1.82, 2.24) is 0 Å². The molecule has 0 aliphatic heterocycles. The van der Waals surface area contributed by atoms with Crippen molar-refractivity contribution in [1.29, 1.82) is 0 Å². The van der Waals surface area contributed by atoms with Crippen LogP contribution in [0.2, 0.25) is 0 Å². The summed E-state index contributed by atoms with van der Waals surface area (Å²) in [6, 6.07) is 8.33. The zero-order valence-corrected chi connectivity index (χ0v) is 15.1. The van der Waals surface area contributed by atoms with Crippen molar-refractivity contribution in [2.75, 3.05) is 26.1 Å². The lowest BCUT2D eigenvalue weighted by atomic mass is 10.1. The van der Waals surface area contributed by atoms with Crippen LogP contribution in [0.1, 0.15) is 21.5 Å². The van der Waals surface area contributed by atoms with Gasteiger partial charge in [0.25, 0.3) is 5.91 Å². The van der Waals surface area contributed by atoms with Crippen molar-refractivity contribution in [2.24, 2.45) is 0 Å². The van der Waals surface area contributed by atoms with Crippen molar-refractivity contribution in [3.8, 4) is 17.2 Å². The number of rotatable bonds is 7. The second-order valence-corrected chi connectivity index (χ2v) is 5.62. The third kappa shape index (κ3) is 4.24. The Morgan fingerprint density at radius 1 is 1.04 bits per heavy atom. The van der Waals surface area contributed by atoms with Gasteiger partial charge < -0.3 is 24.6 Å². The molecule has 0 saturated carbocycles. The summed E-state index contributed by atoms with van der Waals surface area (Å²) in [5, 5.41) is 11.8. The second-order valence-electron chi connectivity index (χ2n) is 5.62. The molecule has 2 rings (SSSR count). The van der Waals surface area contributed by atoms with E-state index in [9.17, 15) is 14.7 Å². The highest BCUT2D eigenvalue weighted by Gasteiger charge is 2.18. The number of hydrogen-bond acceptors (Lipinski definition) is 5. The van der Waals surface area contributed by atoms with Gasteiger partial charge in [0.05, 0.1) is 25.5 Å². The summed E-state index contributed by atoms with van der Waals surface area (Å²) in [7, 11) is 2.79. The number of methoxy groups -OCH3 is 2. The second kappa shape index (κ2) is 8.24. The highest BCUT2D eigenvalue weighted by atomic mass is 16.5. The third-order valence-corrected chi connectivity index (χ3v) is 3.76. The van der Waals surface area contributed by atoms with E-state index in [0.29, 0.717) is 5.75 Å². The van der Waals surface area contributed by atoms with Gasteiger partial charge >= 0.3 is 5.97 Å². The molecule has 0 atom stereocenters. The Morgan fingerprint density at radius 3 is 2.23 bits per heavy atom. The number of benzene rings is 2. The monoisotopic (exact) mass is 359 g/mol. The molecule has 0 aliphatic rings. The lowest BCUT2D eigenvalue weighted by molar-refractivity contribution is -0.118. The Balaban J connectivity index is 2.20. The number of para-hydroxylation sites is 1. The molecule has 0 unspecified atom stereocenters. The third-order valence-electron chi connectivity index (χ3n) is 3.76. The van der Waals surface area contributed by atoms with Gasteiger partial charge in [-0.15, -0.1) is 0 Å². The number of ether oxygens (including phenoxy) is 3. The number of carboxylic acid groups (broad SMARTS) is 1. The molecule has 0 spiro atoms. The fraction of sp³-hybridized carbons (Fsp3) is 0.263. The van der Waals surface area contributed by atoms with Crippen molar-refractivity contribution in [2.45, 2.75) is 13.8 Å². The van der Waals surface area contributed by atoms with Gasteiger partial charge in [-0.2, -0.15) is 0 Å². The number of amides is 1. The van der Waals surface area contributed by atoms with Crippen LogP contribution in [0, 0.1) is 13.8 Å². The predicted octanol–water partition coefficient (Wildman–Crippen LogP) is 3.04. The molecule has 0 bridgehead atoms. The first-order valence-corrected chi connectivity index (χ1v) is 7.85. The van der Waals surface area contributed by atoms with Gasteiger partial charge in [0, 0.05) is 0 Å². The fourth-order valence-corrected chi connectivity index (χ4v) is 2.53. The van der Waals surface area contributed by atoms with Crippen molar-refractivity contribution in [3.05, 3.63) is 47.0 Å². The molecule has 2 aromatic carbocycles. The molecule has 1 amide bonds. The first-order chi connectivity index (χ1) is 12.4. The number of nitrogens with one attached hydrogen (secondary N) is 1. The standard InChI is InChI=1S/C19H21NO6/c1-11-6-5-7-12(2)17(11)26-10-16(21)20-14-8-13(19(22)23)9-15(24-3)18(14)25-4/h5-9H,10H2,1-4H3,(H,20,21)(H,22,23). The predicted molar refractivity (Wildman–Crippen MR) is 96.5 cm³/mol. The molecule has 0 aliphatic carbocycles. The molecular weight excluding hydrogens is 338 g/mol. The summed E-state index contributed by atoms with van der Waals surface area (Å²) in [4.78, 5) is 23.5. The topological polar surface area (TPSA) is 94.1 Å². The van der Waals surface area contributed by atoms with Crippen molar-refractivity contribution >= 4 is 17.6 Å². The molecule has 0 saturated heterocycles. The number of carbonyl (C=O) groups is 2. The molecule has 0 heterocycles. The quantitative estimate of drug-likeness (QED) is 0.789. The molecule has 7 heteroatoms. The van der Waals surface area contributed by atoms with Crippen molar-refractivity contribution in [3.63, 3.8) is 0 Å². The van der Waals surface area contributed by atoms with Gasteiger partial charge in [-0.1, -0.05) is 18.2 Å². The summed E-state index contributed by atoms with van der Waals surface area (Å²) in [6.07, 6.45) is 0. The van der Waals surface area contributed by atoms with E-state index in [4.69, 9.17) is 14.2 Å². The van der Waals surface area contributed by atoms with Crippen molar-refractivity contribution < 1.29 is 28.9 Å². The van der Waals surface area contributed by atoms with Crippen LogP contribution in [0.4, 0.5) is 5.69 Å². The first kappa shape index (κ1) is 19.1. The molecule has 26 heavy (non-hydrogen) atoms. The minimum Gasteiger partial charge on any atom is -0.493 e. The van der Waals surface area contributed by atoms with E-state index >= 15 is 0 Å². The molecule has 0 radical (unpaired) electrons. The Bertz CT molecular complexity index is 811. The van der Waals surface area contributed by atoms with E-state index in [1.165, 1.54) is 26.4 Å². The Labute approximate surface area is 151 Å². The molecule has 2 aromatic rings. The number of anilines is 1. The van der Waals surface area contributed by atoms with E-state index in [2.05, 4.69) is 5.32 Å². The zero-order valence-electron chi connectivity index (χ0n) is 15.1. The van der Waals surface area contributed by atoms with Crippen LogP contribution >= 0.6 is 0 Å². The maximum absolute atomic E-state index is 12.3. The van der Waals surface area contributed by atoms with Gasteiger partial charge in [0.2, 0.25) is 0 Å². The average molecular weight is 359 g/mol. The van der Waals surface area contributed by atoms with Crippen LogP contribution in [0.25, 0.3) is 0 Å². The Hall–Kier alpha value is -3.22. The lowest BCUT2D eigenvalue weighted by Gasteiger charge is -2.16. The summed E-state index contributed by atoms with van der Waals surface area (Å²) in [6.45, 7) is 3.56. The summed E-state index contributed by atoms with van der Waals surface area (Å²) >= 11 is 0. The molecule has 0 aromatic heterocycles. The fourth-order valence-electron chi connectivity index (χ4n) is 2.53. The lowest BCUT2D eigenvalue weighted by Crippen LogP contribution is -2.21. The van der Waals surface area contributed by atoms with Crippen LogP contribution in [0.3, 0.4) is 0 Å².